The van der Waals surface area contributed by atoms with Gasteiger partial charge in [-0.1, -0.05) is 31.2 Å². The summed E-state index contributed by atoms with van der Waals surface area (Å²) in [6, 6.07) is 10.4. The molecule has 0 bridgehead atoms. The van der Waals surface area contributed by atoms with Crippen LogP contribution in [-0.4, -0.2) is 11.1 Å². The van der Waals surface area contributed by atoms with Crippen LogP contribution in [0.3, 0.4) is 0 Å². The van der Waals surface area contributed by atoms with Gasteiger partial charge >= 0.3 is 5.97 Å². The summed E-state index contributed by atoms with van der Waals surface area (Å²) in [5.41, 5.74) is 1.93. The van der Waals surface area contributed by atoms with Gasteiger partial charge in [-0.15, -0.1) is 0 Å². The minimum absolute atomic E-state index is 0.0148. The van der Waals surface area contributed by atoms with Gasteiger partial charge in [-0.2, -0.15) is 0 Å². The van der Waals surface area contributed by atoms with E-state index in [-0.39, 0.29) is 12.3 Å². The fourth-order valence-electron chi connectivity index (χ4n) is 2.13. The van der Waals surface area contributed by atoms with Gasteiger partial charge in [-0.3, -0.25) is 4.79 Å². The number of hydrogen-bond donors (Lipinski definition) is 1. The van der Waals surface area contributed by atoms with Crippen molar-refractivity contribution in [3.63, 3.8) is 0 Å². The standard InChI is InChI=1S/C16H14F2O2/c1-10(5-16(19)20)11-3-2-4-12(6-11)13-7-14(17)9-15(18)8-13/h2-4,6-10H,5H2,1H3,(H,19,20). The van der Waals surface area contributed by atoms with E-state index in [9.17, 15) is 13.6 Å². The van der Waals surface area contributed by atoms with Gasteiger partial charge in [0.05, 0.1) is 6.42 Å². The zero-order valence-electron chi connectivity index (χ0n) is 10.9. The Morgan fingerprint density at radius 1 is 1.10 bits per heavy atom. The number of carboxylic acids is 1. The lowest BCUT2D eigenvalue weighted by Crippen LogP contribution is -2.02. The molecule has 0 aliphatic rings. The predicted molar refractivity (Wildman–Crippen MR) is 72.5 cm³/mol. The Hall–Kier alpha value is -2.23. The fourth-order valence-corrected chi connectivity index (χ4v) is 2.13. The van der Waals surface area contributed by atoms with E-state index in [1.165, 1.54) is 12.1 Å². The number of carboxylic acid groups (broad SMARTS) is 1. The van der Waals surface area contributed by atoms with Crippen LogP contribution in [0.4, 0.5) is 8.78 Å². The van der Waals surface area contributed by atoms with Crippen LogP contribution in [0.5, 0.6) is 0 Å². The van der Waals surface area contributed by atoms with Crippen molar-refractivity contribution < 1.29 is 18.7 Å². The van der Waals surface area contributed by atoms with Crippen LogP contribution in [-0.2, 0) is 4.79 Å². The topological polar surface area (TPSA) is 37.3 Å². The van der Waals surface area contributed by atoms with Crippen molar-refractivity contribution in [2.24, 2.45) is 0 Å². The Labute approximate surface area is 115 Å². The van der Waals surface area contributed by atoms with Gasteiger partial charge < -0.3 is 5.11 Å². The summed E-state index contributed by atoms with van der Waals surface area (Å²) in [4.78, 5) is 10.7. The Morgan fingerprint density at radius 3 is 2.35 bits per heavy atom. The molecule has 2 rings (SSSR count). The second kappa shape index (κ2) is 5.82. The molecule has 2 nitrogen and oxygen atoms in total. The number of halogens is 2. The Bertz CT molecular complexity index is 618. The molecule has 0 heterocycles. The average molecular weight is 276 g/mol. The summed E-state index contributed by atoms with van der Waals surface area (Å²) < 4.78 is 26.5. The van der Waals surface area contributed by atoms with Crippen LogP contribution in [0, 0.1) is 11.6 Å². The third-order valence-electron chi connectivity index (χ3n) is 3.13. The molecule has 2 aromatic rings. The molecule has 0 saturated carbocycles. The van der Waals surface area contributed by atoms with Gasteiger partial charge in [0.15, 0.2) is 0 Å². The highest BCUT2D eigenvalue weighted by molar-refractivity contribution is 5.69. The SMILES string of the molecule is CC(CC(=O)O)c1cccc(-c2cc(F)cc(F)c2)c1. The smallest absolute Gasteiger partial charge is 0.303 e. The van der Waals surface area contributed by atoms with E-state index in [1.54, 1.807) is 25.1 Å². The van der Waals surface area contributed by atoms with Crippen molar-refractivity contribution >= 4 is 5.97 Å². The van der Waals surface area contributed by atoms with E-state index in [4.69, 9.17) is 5.11 Å². The van der Waals surface area contributed by atoms with Crippen molar-refractivity contribution in [2.45, 2.75) is 19.3 Å². The summed E-state index contributed by atoms with van der Waals surface area (Å²) in [6.07, 6.45) is 0.0148. The molecule has 0 radical (unpaired) electrons. The minimum Gasteiger partial charge on any atom is -0.481 e. The summed E-state index contributed by atoms with van der Waals surface area (Å²) >= 11 is 0. The van der Waals surface area contributed by atoms with Gasteiger partial charge in [0, 0.05) is 6.07 Å². The molecular weight excluding hydrogens is 262 g/mol. The zero-order valence-corrected chi connectivity index (χ0v) is 10.9. The van der Waals surface area contributed by atoms with Gasteiger partial charge in [0.1, 0.15) is 11.6 Å². The quantitative estimate of drug-likeness (QED) is 0.908. The maximum absolute atomic E-state index is 13.2. The highest BCUT2D eigenvalue weighted by Gasteiger charge is 2.11. The lowest BCUT2D eigenvalue weighted by Gasteiger charge is -2.11. The molecule has 0 aromatic heterocycles. The lowest BCUT2D eigenvalue weighted by molar-refractivity contribution is -0.137. The average Bonchev–Trinajstić information content (AvgIpc) is 2.37. The summed E-state index contributed by atoms with van der Waals surface area (Å²) in [5, 5.41) is 8.81. The first-order valence-electron chi connectivity index (χ1n) is 6.24. The lowest BCUT2D eigenvalue weighted by atomic mass is 9.94. The largest absolute Gasteiger partial charge is 0.481 e. The molecule has 1 N–H and O–H groups in total. The van der Waals surface area contributed by atoms with Gasteiger partial charge in [0.2, 0.25) is 0 Å². The second-order valence-corrected chi connectivity index (χ2v) is 4.78. The minimum atomic E-state index is -0.875. The monoisotopic (exact) mass is 276 g/mol. The Kier molecular flexibility index (Phi) is 4.13. The third kappa shape index (κ3) is 3.41. The maximum Gasteiger partial charge on any atom is 0.303 e. The van der Waals surface area contributed by atoms with Crippen LogP contribution in [0.15, 0.2) is 42.5 Å². The molecule has 0 aliphatic heterocycles. The highest BCUT2D eigenvalue weighted by Crippen LogP contribution is 2.26. The Balaban J connectivity index is 2.36. The molecule has 0 fully saturated rings. The van der Waals surface area contributed by atoms with E-state index in [2.05, 4.69) is 0 Å². The summed E-state index contributed by atoms with van der Waals surface area (Å²) in [6.45, 7) is 1.80. The number of rotatable bonds is 4. The van der Waals surface area contributed by atoms with E-state index < -0.39 is 17.6 Å². The molecule has 0 spiro atoms. The number of benzene rings is 2. The maximum atomic E-state index is 13.2. The van der Waals surface area contributed by atoms with Crippen LogP contribution >= 0.6 is 0 Å². The molecule has 1 unspecified atom stereocenters. The van der Waals surface area contributed by atoms with Gasteiger partial charge in [-0.25, -0.2) is 8.78 Å². The van der Waals surface area contributed by atoms with E-state index in [1.807, 2.05) is 6.07 Å². The molecule has 0 aliphatic carbocycles. The predicted octanol–water partition coefficient (Wildman–Crippen LogP) is 4.21. The summed E-state index contributed by atoms with van der Waals surface area (Å²) in [5.74, 6) is -2.31. The van der Waals surface area contributed by atoms with Gasteiger partial charge in [-0.05, 0) is 34.7 Å². The third-order valence-corrected chi connectivity index (χ3v) is 3.13. The van der Waals surface area contributed by atoms with Crippen LogP contribution in [0.1, 0.15) is 24.8 Å². The van der Waals surface area contributed by atoms with Crippen molar-refractivity contribution in [3.8, 4) is 11.1 Å². The van der Waals surface area contributed by atoms with Crippen molar-refractivity contribution in [3.05, 3.63) is 59.7 Å². The zero-order chi connectivity index (χ0) is 14.7. The number of carbonyl (C=O) groups is 1. The highest BCUT2D eigenvalue weighted by atomic mass is 19.1. The molecular formula is C16H14F2O2. The molecule has 0 saturated heterocycles. The second-order valence-electron chi connectivity index (χ2n) is 4.78. The van der Waals surface area contributed by atoms with Crippen molar-refractivity contribution in [2.75, 3.05) is 0 Å². The van der Waals surface area contributed by atoms with Crippen LogP contribution < -0.4 is 0 Å². The fraction of sp³-hybridized carbons (Fsp3) is 0.188. The molecule has 104 valence electrons. The van der Waals surface area contributed by atoms with E-state index >= 15 is 0 Å². The molecule has 0 amide bonds. The number of aliphatic carboxylic acids is 1. The Morgan fingerprint density at radius 2 is 1.75 bits per heavy atom. The normalized spacial score (nSPS) is 12.2. The molecule has 2 aromatic carbocycles. The van der Waals surface area contributed by atoms with Gasteiger partial charge in [0.25, 0.3) is 0 Å². The van der Waals surface area contributed by atoms with Crippen molar-refractivity contribution in [1.29, 1.82) is 0 Å². The summed E-state index contributed by atoms with van der Waals surface area (Å²) in [7, 11) is 0. The first-order valence-corrected chi connectivity index (χ1v) is 6.24. The first-order chi connectivity index (χ1) is 9.45. The molecule has 4 heteroatoms. The van der Waals surface area contributed by atoms with E-state index in [0.29, 0.717) is 11.1 Å². The first kappa shape index (κ1) is 14.2. The number of hydrogen-bond acceptors (Lipinski definition) is 1. The van der Waals surface area contributed by atoms with Crippen LogP contribution in [0.25, 0.3) is 11.1 Å². The van der Waals surface area contributed by atoms with E-state index in [0.717, 1.165) is 11.6 Å². The molecule has 1 atom stereocenters. The van der Waals surface area contributed by atoms with Crippen molar-refractivity contribution in [1.82, 2.24) is 0 Å². The molecule has 20 heavy (non-hydrogen) atoms. The van der Waals surface area contributed by atoms with Crippen LogP contribution in [0.2, 0.25) is 0 Å².